The van der Waals surface area contributed by atoms with Crippen molar-refractivity contribution in [1.29, 1.82) is 0 Å². The molecule has 0 bridgehead atoms. The molecule has 0 radical (unpaired) electrons. The molecule has 0 saturated carbocycles. The number of allylic oxidation sites excluding steroid dienone is 1. The van der Waals surface area contributed by atoms with Gasteiger partial charge in [-0.1, -0.05) is 66.7 Å². The molecule has 1 N–H and O–H groups in total. The molecule has 104 valence electrons. The second-order valence-corrected chi connectivity index (χ2v) is 5.38. The molecule has 2 rings (SSSR count). The maximum absolute atomic E-state index is 11.0. The van der Waals surface area contributed by atoms with Crippen molar-refractivity contribution in [3.8, 4) is 0 Å². The van der Waals surface area contributed by atoms with Crippen molar-refractivity contribution in [2.75, 3.05) is 0 Å². The van der Waals surface area contributed by atoms with E-state index >= 15 is 0 Å². The van der Waals surface area contributed by atoms with Gasteiger partial charge in [0.05, 0.1) is 5.60 Å². The van der Waals surface area contributed by atoms with Gasteiger partial charge in [-0.05, 0) is 24.0 Å². The SMILES string of the molecule is C=CCCC(O)(Cc1ccccc1)Cc1ccccc1. The molecule has 0 fully saturated rings. The van der Waals surface area contributed by atoms with Crippen LogP contribution in [0.1, 0.15) is 24.0 Å². The van der Waals surface area contributed by atoms with Crippen LogP contribution in [0.5, 0.6) is 0 Å². The van der Waals surface area contributed by atoms with E-state index in [0.29, 0.717) is 12.8 Å². The summed E-state index contributed by atoms with van der Waals surface area (Å²) >= 11 is 0. The lowest BCUT2D eigenvalue weighted by Gasteiger charge is -2.28. The number of benzene rings is 2. The summed E-state index contributed by atoms with van der Waals surface area (Å²) in [4.78, 5) is 0. The Labute approximate surface area is 121 Å². The van der Waals surface area contributed by atoms with E-state index in [0.717, 1.165) is 12.8 Å². The van der Waals surface area contributed by atoms with Crippen LogP contribution < -0.4 is 0 Å². The normalized spacial score (nSPS) is 11.2. The Morgan fingerprint density at radius 2 is 1.30 bits per heavy atom. The minimum atomic E-state index is -0.711. The molecule has 0 aromatic heterocycles. The van der Waals surface area contributed by atoms with Gasteiger partial charge in [-0.3, -0.25) is 0 Å². The molecule has 1 nitrogen and oxygen atoms in total. The van der Waals surface area contributed by atoms with Crippen LogP contribution in [0.4, 0.5) is 0 Å². The van der Waals surface area contributed by atoms with Crippen molar-refractivity contribution < 1.29 is 5.11 Å². The van der Waals surface area contributed by atoms with Crippen LogP contribution in [0.3, 0.4) is 0 Å². The van der Waals surface area contributed by atoms with Crippen LogP contribution in [0.2, 0.25) is 0 Å². The number of hydrogen-bond donors (Lipinski definition) is 1. The van der Waals surface area contributed by atoms with Gasteiger partial charge in [-0.25, -0.2) is 0 Å². The Kier molecular flexibility index (Phi) is 5.14. The monoisotopic (exact) mass is 266 g/mol. The zero-order valence-electron chi connectivity index (χ0n) is 11.8. The van der Waals surface area contributed by atoms with Gasteiger partial charge in [0.25, 0.3) is 0 Å². The Balaban J connectivity index is 2.14. The topological polar surface area (TPSA) is 20.2 Å². The third-order valence-corrected chi connectivity index (χ3v) is 3.57. The molecule has 0 aliphatic carbocycles. The first-order chi connectivity index (χ1) is 9.72. The maximum atomic E-state index is 11.0. The second kappa shape index (κ2) is 7.06. The largest absolute Gasteiger partial charge is 0.389 e. The van der Waals surface area contributed by atoms with Crippen LogP contribution >= 0.6 is 0 Å². The first-order valence-corrected chi connectivity index (χ1v) is 7.13. The molecule has 0 aliphatic rings. The van der Waals surface area contributed by atoms with E-state index in [4.69, 9.17) is 0 Å². The quantitative estimate of drug-likeness (QED) is 0.746. The average Bonchev–Trinajstić information content (AvgIpc) is 2.47. The van der Waals surface area contributed by atoms with E-state index in [1.807, 2.05) is 42.5 Å². The highest BCUT2D eigenvalue weighted by molar-refractivity contribution is 5.21. The minimum absolute atomic E-state index is 0.677. The lowest BCUT2D eigenvalue weighted by molar-refractivity contribution is 0.0329. The maximum Gasteiger partial charge on any atom is 0.0731 e. The van der Waals surface area contributed by atoms with E-state index in [1.165, 1.54) is 11.1 Å². The van der Waals surface area contributed by atoms with Crippen LogP contribution in [0.15, 0.2) is 73.3 Å². The Hall–Kier alpha value is -1.86. The third-order valence-electron chi connectivity index (χ3n) is 3.57. The zero-order valence-corrected chi connectivity index (χ0v) is 11.8. The lowest BCUT2D eigenvalue weighted by Crippen LogP contribution is -2.34. The molecular formula is C19H22O. The molecule has 0 saturated heterocycles. The summed E-state index contributed by atoms with van der Waals surface area (Å²) in [5.74, 6) is 0. The first-order valence-electron chi connectivity index (χ1n) is 7.13. The van der Waals surface area contributed by atoms with E-state index < -0.39 is 5.60 Å². The van der Waals surface area contributed by atoms with E-state index in [9.17, 15) is 5.11 Å². The highest BCUT2D eigenvalue weighted by Crippen LogP contribution is 2.24. The fourth-order valence-corrected chi connectivity index (χ4v) is 2.56. The fourth-order valence-electron chi connectivity index (χ4n) is 2.56. The molecule has 2 aromatic rings. The summed E-state index contributed by atoms with van der Waals surface area (Å²) in [5.41, 5.74) is 1.64. The van der Waals surface area contributed by atoms with Crippen molar-refractivity contribution in [1.82, 2.24) is 0 Å². The summed E-state index contributed by atoms with van der Waals surface area (Å²) in [6.07, 6.45) is 4.80. The molecule has 0 unspecified atom stereocenters. The van der Waals surface area contributed by atoms with Crippen molar-refractivity contribution in [3.63, 3.8) is 0 Å². The Morgan fingerprint density at radius 1 is 0.850 bits per heavy atom. The molecule has 0 aliphatic heterocycles. The molecule has 1 heteroatoms. The van der Waals surface area contributed by atoms with E-state index in [1.54, 1.807) is 0 Å². The predicted octanol–water partition coefficient (Wildman–Crippen LogP) is 4.17. The summed E-state index contributed by atoms with van der Waals surface area (Å²) in [7, 11) is 0. The van der Waals surface area contributed by atoms with Gasteiger partial charge >= 0.3 is 0 Å². The minimum Gasteiger partial charge on any atom is -0.389 e. The van der Waals surface area contributed by atoms with Gasteiger partial charge in [-0.15, -0.1) is 6.58 Å². The van der Waals surface area contributed by atoms with Crippen LogP contribution in [-0.4, -0.2) is 10.7 Å². The van der Waals surface area contributed by atoms with Crippen LogP contribution in [0, 0.1) is 0 Å². The van der Waals surface area contributed by atoms with Gasteiger partial charge in [0.1, 0.15) is 0 Å². The third kappa shape index (κ3) is 4.36. The van der Waals surface area contributed by atoms with Crippen molar-refractivity contribution in [2.24, 2.45) is 0 Å². The smallest absolute Gasteiger partial charge is 0.0731 e. The van der Waals surface area contributed by atoms with Gasteiger partial charge in [0.2, 0.25) is 0 Å². The van der Waals surface area contributed by atoms with Gasteiger partial charge in [-0.2, -0.15) is 0 Å². The predicted molar refractivity (Wildman–Crippen MR) is 84.7 cm³/mol. The van der Waals surface area contributed by atoms with Gasteiger partial charge in [0.15, 0.2) is 0 Å². The van der Waals surface area contributed by atoms with Crippen molar-refractivity contribution in [3.05, 3.63) is 84.4 Å². The highest BCUT2D eigenvalue weighted by Gasteiger charge is 2.26. The second-order valence-electron chi connectivity index (χ2n) is 5.38. The summed E-state index contributed by atoms with van der Waals surface area (Å²) < 4.78 is 0. The van der Waals surface area contributed by atoms with Gasteiger partial charge in [0, 0.05) is 12.8 Å². The van der Waals surface area contributed by atoms with Crippen molar-refractivity contribution >= 4 is 0 Å². The summed E-state index contributed by atoms with van der Waals surface area (Å²) in [5, 5.41) is 11.0. The number of aliphatic hydroxyl groups is 1. The Bertz CT molecular complexity index is 474. The first kappa shape index (κ1) is 14.5. The standard InChI is InChI=1S/C19H22O/c1-2-3-14-19(20,15-17-10-6-4-7-11-17)16-18-12-8-5-9-13-18/h2,4-13,20H,1,3,14-16H2. The van der Waals surface area contributed by atoms with Crippen LogP contribution in [-0.2, 0) is 12.8 Å². The molecule has 0 amide bonds. The molecule has 0 atom stereocenters. The van der Waals surface area contributed by atoms with E-state index in [-0.39, 0.29) is 0 Å². The van der Waals surface area contributed by atoms with Crippen molar-refractivity contribution in [2.45, 2.75) is 31.3 Å². The molecule has 0 heterocycles. The highest BCUT2D eigenvalue weighted by atomic mass is 16.3. The summed E-state index contributed by atoms with van der Waals surface area (Å²) in [6, 6.07) is 20.4. The lowest BCUT2D eigenvalue weighted by atomic mass is 9.84. The van der Waals surface area contributed by atoms with E-state index in [2.05, 4.69) is 30.8 Å². The van der Waals surface area contributed by atoms with Gasteiger partial charge < -0.3 is 5.11 Å². The zero-order chi connectivity index (χ0) is 14.3. The Morgan fingerprint density at radius 3 is 1.70 bits per heavy atom. The molecular weight excluding hydrogens is 244 g/mol. The summed E-state index contributed by atoms with van der Waals surface area (Å²) in [6.45, 7) is 3.77. The molecule has 2 aromatic carbocycles. The number of rotatable bonds is 7. The molecule has 0 spiro atoms. The average molecular weight is 266 g/mol. The fraction of sp³-hybridized carbons (Fsp3) is 0.263. The number of hydrogen-bond acceptors (Lipinski definition) is 1. The molecule has 20 heavy (non-hydrogen) atoms. The van der Waals surface area contributed by atoms with Crippen LogP contribution in [0.25, 0.3) is 0 Å².